The van der Waals surface area contributed by atoms with Crippen LogP contribution in [0.4, 0.5) is 5.69 Å². The minimum atomic E-state index is 0.608. The summed E-state index contributed by atoms with van der Waals surface area (Å²) in [7, 11) is 0. The molecule has 0 saturated carbocycles. The quantitative estimate of drug-likeness (QED) is 0.791. The number of hydrogen-bond acceptors (Lipinski definition) is 3. The molecule has 74 valence electrons. The number of hydrogen-bond donors (Lipinski definition) is 1. The zero-order valence-electron chi connectivity index (χ0n) is 8.62. The van der Waals surface area contributed by atoms with Gasteiger partial charge in [-0.1, -0.05) is 13.8 Å². The second kappa shape index (κ2) is 5.23. The molecule has 0 radical (unpaired) electrons. The van der Waals surface area contributed by atoms with Gasteiger partial charge in [-0.3, -0.25) is 4.98 Å². The molecule has 14 heavy (non-hydrogen) atoms. The first-order chi connectivity index (χ1) is 6.74. The van der Waals surface area contributed by atoms with Crippen LogP contribution < -0.4 is 5.32 Å². The number of nitrogens with one attached hydrogen (secondary N) is 1. The minimum absolute atomic E-state index is 0.608. The molecule has 0 aromatic carbocycles. The second-order valence-electron chi connectivity index (χ2n) is 3.64. The Morgan fingerprint density at radius 2 is 2.36 bits per heavy atom. The third-order valence-electron chi connectivity index (χ3n) is 1.98. The fourth-order valence-corrected chi connectivity index (χ4v) is 1.13. The Morgan fingerprint density at radius 3 is 3.00 bits per heavy atom. The van der Waals surface area contributed by atoms with Gasteiger partial charge in [-0.25, -0.2) is 0 Å². The Kier molecular flexibility index (Phi) is 3.93. The summed E-state index contributed by atoms with van der Waals surface area (Å²) < 4.78 is 0. The molecule has 0 aliphatic heterocycles. The Labute approximate surface area is 84.8 Å². The van der Waals surface area contributed by atoms with Crippen LogP contribution in [0.15, 0.2) is 18.5 Å². The van der Waals surface area contributed by atoms with E-state index in [0.29, 0.717) is 11.5 Å². The van der Waals surface area contributed by atoms with E-state index >= 15 is 0 Å². The molecule has 0 fully saturated rings. The molecule has 0 unspecified atom stereocenters. The van der Waals surface area contributed by atoms with Gasteiger partial charge in [0.2, 0.25) is 0 Å². The zero-order chi connectivity index (χ0) is 10.4. The number of pyridine rings is 1. The molecule has 0 spiro atoms. The van der Waals surface area contributed by atoms with Gasteiger partial charge in [-0.05, 0) is 18.4 Å². The van der Waals surface area contributed by atoms with E-state index < -0.39 is 0 Å². The minimum Gasteiger partial charge on any atom is -0.384 e. The molecule has 0 aliphatic rings. The monoisotopic (exact) mass is 189 g/mol. The third-order valence-corrected chi connectivity index (χ3v) is 1.98. The van der Waals surface area contributed by atoms with Crippen LogP contribution in [0, 0.1) is 17.2 Å². The summed E-state index contributed by atoms with van der Waals surface area (Å²) in [6.45, 7) is 5.26. The summed E-state index contributed by atoms with van der Waals surface area (Å²) in [5.74, 6) is 0.676. The first-order valence-electron chi connectivity index (χ1n) is 4.82. The molecule has 0 saturated heterocycles. The van der Waals surface area contributed by atoms with E-state index in [-0.39, 0.29) is 0 Å². The standard InChI is InChI=1S/C11H15N3/c1-9(2)3-6-14-11-4-5-13-8-10(11)7-12/h4-5,8-9H,3,6H2,1-2H3,(H,13,14). The van der Waals surface area contributed by atoms with Gasteiger partial charge in [0.05, 0.1) is 11.3 Å². The molecule has 3 heteroatoms. The highest BCUT2D eigenvalue weighted by atomic mass is 14.9. The average Bonchev–Trinajstić information content (AvgIpc) is 2.18. The average molecular weight is 189 g/mol. The highest BCUT2D eigenvalue weighted by Crippen LogP contribution is 2.12. The van der Waals surface area contributed by atoms with Gasteiger partial charge < -0.3 is 5.32 Å². The SMILES string of the molecule is CC(C)CCNc1ccncc1C#N. The van der Waals surface area contributed by atoms with Crippen molar-refractivity contribution in [3.63, 3.8) is 0 Å². The molecular formula is C11H15N3. The summed E-state index contributed by atoms with van der Waals surface area (Å²) in [5, 5.41) is 12.0. The van der Waals surface area contributed by atoms with Crippen molar-refractivity contribution in [2.24, 2.45) is 5.92 Å². The van der Waals surface area contributed by atoms with Gasteiger partial charge in [-0.15, -0.1) is 0 Å². The maximum absolute atomic E-state index is 8.80. The van der Waals surface area contributed by atoms with E-state index in [1.165, 1.54) is 0 Å². The molecule has 1 aromatic heterocycles. The van der Waals surface area contributed by atoms with Crippen LogP contribution in [0.5, 0.6) is 0 Å². The molecular weight excluding hydrogens is 174 g/mol. The van der Waals surface area contributed by atoms with Gasteiger partial charge in [0.15, 0.2) is 0 Å². The normalized spacial score (nSPS) is 9.86. The van der Waals surface area contributed by atoms with E-state index in [9.17, 15) is 0 Å². The summed E-state index contributed by atoms with van der Waals surface area (Å²) in [4.78, 5) is 3.90. The van der Waals surface area contributed by atoms with Crippen molar-refractivity contribution in [2.45, 2.75) is 20.3 Å². The Balaban J connectivity index is 2.54. The lowest BCUT2D eigenvalue weighted by atomic mass is 10.1. The van der Waals surface area contributed by atoms with Crippen molar-refractivity contribution >= 4 is 5.69 Å². The molecule has 0 amide bonds. The number of aromatic nitrogens is 1. The van der Waals surface area contributed by atoms with E-state index in [1.807, 2.05) is 6.07 Å². The number of nitrogens with zero attached hydrogens (tertiary/aromatic N) is 2. The highest BCUT2D eigenvalue weighted by Gasteiger charge is 2.00. The van der Waals surface area contributed by atoms with Crippen LogP contribution >= 0.6 is 0 Å². The fraction of sp³-hybridized carbons (Fsp3) is 0.455. The lowest BCUT2D eigenvalue weighted by molar-refractivity contribution is 0.607. The summed E-state index contributed by atoms with van der Waals surface area (Å²) >= 11 is 0. The van der Waals surface area contributed by atoms with Crippen LogP contribution in [-0.2, 0) is 0 Å². The largest absolute Gasteiger partial charge is 0.384 e. The van der Waals surface area contributed by atoms with Crippen LogP contribution in [0.2, 0.25) is 0 Å². The van der Waals surface area contributed by atoms with Crippen LogP contribution in [0.25, 0.3) is 0 Å². The van der Waals surface area contributed by atoms with Crippen LogP contribution in [-0.4, -0.2) is 11.5 Å². The number of anilines is 1. The Hall–Kier alpha value is -1.56. The van der Waals surface area contributed by atoms with E-state index in [4.69, 9.17) is 5.26 Å². The maximum Gasteiger partial charge on any atom is 0.103 e. The van der Waals surface area contributed by atoms with Crippen LogP contribution in [0.3, 0.4) is 0 Å². The fourth-order valence-electron chi connectivity index (χ4n) is 1.13. The molecule has 0 bridgehead atoms. The molecule has 1 aromatic rings. The lowest BCUT2D eigenvalue weighted by Crippen LogP contribution is -2.06. The van der Waals surface area contributed by atoms with Crippen molar-refractivity contribution in [1.82, 2.24) is 4.98 Å². The van der Waals surface area contributed by atoms with Crippen molar-refractivity contribution in [3.8, 4) is 6.07 Å². The van der Waals surface area contributed by atoms with E-state index in [0.717, 1.165) is 18.7 Å². The first kappa shape index (κ1) is 10.5. The number of rotatable bonds is 4. The van der Waals surface area contributed by atoms with Crippen molar-refractivity contribution in [1.29, 1.82) is 5.26 Å². The molecule has 1 heterocycles. The van der Waals surface area contributed by atoms with Gasteiger partial charge in [0.25, 0.3) is 0 Å². The Morgan fingerprint density at radius 1 is 1.57 bits per heavy atom. The topological polar surface area (TPSA) is 48.7 Å². The lowest BCUT2D eigenvalue weighted by Gasteiger charge is -2.08. The first-order valence-corrected chi connectivity index (χ1v) is 4.82. The van der Waals surface area contributed by atoms with Crippen molar-refractivity contribution in [2.75, 3.05) is 11.9 Å². The smallest absolute Gasteiger partial charge is 0.103 e. The maximum atomic E-state index is 8.80. The van der Waals surface area contributed by atoms with Gasteiger partial charge >= 0.3 is 0 Å². The third kappa shape index (κ3) is 3.06. The van der Waals surface area contributed by atoms with Gasteiger partial charge in [0.1, 0.15) is 6.07 Å². The Bertz CT molecular complexity index is 326. The summed E-state index contributed by atoms with van der Waals surface area (Å²) in [6.07, 6.45) is 4.38. The summed E-state index contributed by atoms with van der Waals surface area (Å²) in [5.41, 5.74) is 1.49. The molecule has 0 atom stereocenters. The summed E-state index contributed by atoms with van der Waals surface area (Å²) in [6, 6.07) is 3.94. The molecule has 0 aliphatic carbocycles. The van der Waals surface area contributed by atoms with Crippen LogP contribution in [0.1, 0.15) is 25.8 Å². The molecule has 3 nitrogen and oxygen atoms in total. The molecule has 1 rings (SSSR count). The zero-order valence-corrected chi connectivity index (χ0v) is 8.62. The second-order valence-corrected chi connectivity index (χ2v) is 3.64. The number of nitriles is 1. The van der Waals surface area contributed by atoms with Crippen molar-refractivity contribution in [3.05, 3.63) is 24.0 Å². The van der Waals surface area contributed by atoms with E-state index in [2.05, 4.69) is 30.2 Å². The predicted molar refractivity (Wildman–Crippen MR) is 56.9 cm³/mol. The van der Waals surface area contributed by atoms with Gasteiger partial charge in [0, 0.05) is 18.9 Å². The van der Waals surface area contributed by atoms with Crippen molar-refractivity contribution < 1.29 is 0 Å². The van der Waals surface area contributed by atoms with Gasteiger partial charge in [-0.2, -0.15) is 5.26 Å². The highest BCUT2D eigenvalue weighted by molar-refractivity contribution is 5.55. The predicted octanol–water partition coefficient (Wildman–Crippen LogP) is 2.41. The van der Waals surface area contributed by atoms with E-state index in [1.54, 1.807) is 12.4 Å². The molecule has 1 N–H and O–H groups in total.